The summed E-state index contributed by atoms with van der Waals surface area (Å²) < 4.78 is 0. The zero-order valence-corrected chi connectivity index (χ0v) is 11.5. The van der Waals surface area contributed by atoms with Crippen LogP contribution >= 0.6 is 11.6 Å². The van der Waals surface area contributed by atoms with E-state index in [4.69, 9.17) is 11.6 Å². The molecule has 4 heteroatoms. The Balaban J connectivity index is 1.81. The molecule has 0 spiro atoms. The normalized spacial score (nSPS) is 16.9. The number of amides is 1. The second-order valence-corrected chi connectivity index (χ2v) is 5.25. The summed E-state index contributed by atoms with van der Waals surface area (Å²) in [6.45, 7) is 3.65. The predicted molar refractivity (Wildman–Crippen MR) is 73.9 cm³/mol. The van der Waals surface area contributed by atoms with Crippen LogP contribution in [0.3, 0.4) is 0 Å². The van der Waals surface area contributed by atoms with Crippen molar-refractivity contribution in [1.29, 1.82) is 0 Å². The molecule has 0 aliphatic carbocycles. The molecule has 1 aliphatic rings. The van der Waals surface area contributed by atoms with Crippen LogP contribution in [0.2, 0.25) is 5.02 Å². The Labute approximate surface area is 113 Å². The molecule has 0 atom stereocenters. The summed E-state index contributed by atoms with van der Waals surface area (Å²) in [7, 11) is 2.09. The first kappa shape index (κ1) is 13.4. The molecule has 1 saturated heterocycles. The monoisotopic (exact) mass is 266 g/mol. The van der Waals surface area contributed by atoms with E-state index in [1.165, 1.54) is 0 Å². The van der Waals surface area contributed by atoms with Crippen molar-refractivity contribution in [3.8, 4) is 0 Å². The largest absolute Gasteiger partial charge is 0.340 e. The quantitative estimate of drug-likeness (QED) is 0.836. The Hall–Kier alpha value is -1.06. The van der Waals surface area contributed by atoms with E-state index in [-0.39, 0.29) is 5.91 Å². The van der Waals surface area contributed by atoms with Gasteiger partial charge in [0.15, 0.2) is 0 Å². The van der Waals surface area contributed by atoms with Crippen LogP contribution in [-0.2, 0) is 11.2 Å². The molecule has 1 heterocycles. The number of hydrogen-bond acceptors (Lipinski definition) is 2. The number of hydrogen-bond donors (Lipinski definition) is 0. The van der Waals surface area contributed by atoms with Gasteiger partial charge in [-0.1, -0.05) is 23.7 Å². The predicted octanol–water partition coefficient (Wildman–Crippen LogP) is 2.05. The molecule has 3 nitrogen and oxygen atoms in total. The highest BCUT2D eigenvalue weighted by atomic mass is 35.5. The summed E-state index contributed by atoms with van der Waals surface area (Å²) in [6.07, 6.45) is 1.34. The fourth-order valence-corrected chi connectivity index (χ4v) is 2.37. The van der Waals surface area contributed by atoms with Crippen LogP contribution in [0.5, 0.6) is 0 Å². The smallest absolute Gasteiger partial charge is 0.222 e. The topological polar surface area (TPSA) is 23.6 Å². The number of aryl methyl sites for hydroxylation is 1. The van der Waals surface area contributed by atoms with Gasteiger partial charge in [0.25, 0.3) is 0 Å². The van der Waals surface area contributed by atoms with E-state index in [1.54, 1.807) is 0 Å². The van der Waals surface area contributed by atoms with Crippen molar-refractivity contribution >= 4 is 17.5 Å². The average molecular weight is 267 g/mol. The number of carbonyl (C=O) groups is 1. The number of nitrogens with zero attached hydrogens (tertiary/aromatic N) is 2. The highest BCUT2D eigenvalue weighted by Crippen LogP contribution is 2.13. The van der Waals surface area contributed by atoms with Crippen molar-refractivity contribution in [2.45, 2.75) is 12.8 Å². The standard InChI is InChI=1S/C14H19ClN2O/c1-16-7-9-17(10-8-16)14(18)6-5-12-3-2-4-13(15)11-12/h2-4,11H,5-10H2,1H3. The number of piperazine rings is 1. The molecule has 0 aromatic heterocycles. The van der Waals surface area contributed by atoms with Gasteiger partial charge in [0, 0.05) is 37.6 Å². The summed E-state index contributed by atoms with van der Waals surface area (Å²) in [5.74, 6) is 0.253. The molecule has 98 valence electrons. The summed E-state index contributed by atoms with van der Waals surface area (Å²) in [5.41, 5.74) is 1.13. The molecule has 1 fully saturated rings. The van der Waals surface area contributed by atoms with Gasteiger partial charge in [0.2, 0.25) is 5.91 Å². The molecule has 1 aromatic carbocycles. The Morgan fingerprint density at radius 2 is 2.00 bits per heavy atom. The molecule has 1 aromatic rings. The van der Waals surface area contributed by atoms with Crippen LogP contribution in [0, 0.1) is 0 Å². The molecular weight excluding hydrogens is 248 g/mol. The Bertz CT molecular complexity index is 414. The molecule has 1 aliphatic heterocycles. The SMILES string of the molecule is CN1CCN(C(=O)CCc2cccc(Cl)c2)CC1. The number of halogens is 1. The minimum Gasteiger partial charge on any atom is -0.340 e. The van der Waals surface area contributed by atoms with Gasteiger partial charge in [0.05, 0.1) is 0 Å². The molecule has 0 saturated carbocycles. The molecule has 18 heavy (non-hydrogen) atoms. The summed E-state index contributed by atoms with van der Waals surface area (Å²) >= 11 is 5.92. The van der Waals surface area contributed by atoms with Gasteiger partial charge in [-0.25, -0.2) is 0 Å². The van der Waals surface area contributed by atoms with E-state index in [1.807, 2.05) is 29.2 Å². The zero-order chi connectivity index (χ0) is 13.0. The fraction of sp³-hybridized carbons (Fsp3) is 0.500. The van der Waals surface area contributed by atoms with Gasteiger partial charge >= 0.3 is 0 Å². The van der Waals surface area contributed by atoms with Gasteiger partial charge in [-0.15, -0.1) is 0 Å². The summed E-state index contributed by atoms with van der Waals surface area (Å²) in [6, 6.07) is 7.73. The second-order valence-electron chi connectivity index (χ2n) is 4.81. The Kier molecular flexibility index (Phi) is 4.61. The second kappa shape index (κ2) is 6.21. The van der Waals surface area contributed by atoms with E-state index in [2.05, 4.69) is 11.9 Å². The highest BCUT2D eigenvalue weighted by Gasteiger charge is 2.18. The van der Waals surface area contributed by atoms with Crippen LogP contribution < -0.4 is 0 Å². The third kappa shape index (κ3) is 3.72. The van der Waals surface area contributed by atoms with E-state index in [9.17, 15) is 4.79 Å². The first-order valence-corrected chi connectivity index (χ1v) is 6.74. The number of rotatable bonds is 3. The summed E-state index contributed by atoms with van der Waals surface area (Å²) in [5, 5.41) is 0.736. The maximum Gasteiger partial charge on any atom is 0.222 e. The van der Waals surface area contributed by atoms with Gasteiger partial charge < -0.3 is 9.80 Å². The zero-order valence-electron chi connectivity index (χ0n) is 10.7. The number of benzene rings is 1. The average Bonchev–Trinajstić information content (AvgIpc) is 2.37. The third-order valence-corrected chi connectivity index (χ3v) is 3.61. The third-order valence-electron chi connectivity index (χ3n) is 3.37. The van der Waals surface area contributed by atoms with Gasteiger partial charge in [-0.2, -0.15) is 0 Å². The van der Waals surface area contributed by atoms with E-state index >= 15 is 0 Å². The van der Waals surface area contributed by atoms with Crippen molar-refractivity contribution in [3.63, 3.8) is 0 Å². The number of carbonyl (C=O) groups excluding carboxylic acids is 1. The molecular formula is C14H19ClN2O. The van der Waals surface area contributed by atoms with Gasteiger partial charge in [0.1, 0.15) is 0 Å². The minimum absolute atomic E-state index is 0.253. The van der Waals surface area contributed by atoms with E-state index in [0.29, 0.717) is 6.42 Å². The fourth-order valence-electron chi connectivity index (χ4n) is 2.16. The summed E-state index contributed by atoms with van der Waals surface area (Å²) in [4.78, 5) is 16.3. The van der Waals surface area contributed by atoms with Crippen LogP contribution in [0.15, 0.2) is 24.3 Å². The van der Waals surface area contributed by atoms with Crippen molar-refractivity contribution in [3.05, 3.63) is 34.9 Å². The van der Waals surface area contributed by atoms with E-state index < -0.39 is 0 Å². The maximum absolute atomic E-state index is 12.0. The van der Waals surface area contributed by atoms with Crippen LogP contribution in [0.4, 0.5) is 0 Å². The van der Waals surface area contributed by atoms with Crippen LogP contribution in [0.1, 0.15) is 12.0 Å². The van der Waals surface area contributed by atoms with E-state index in [0.717, 1.165) is 43.2 Å². The maximum atomic E-state index is 12.0. The first-order valence-electron chi connectivity index (χ1n) is 6.36. The molecule has 0 radical (unpaired) electrons. The first-order chi connectivity index (χ1) is 8.65. The van der Waals surface area contributed by atoms with Crippen LogP contribution in [0.25, 0.3) is 0 Å². The minimum atomic E-state index is 0.253. The Morgan fingerprint density at radius 3 is 2.67 bits per heavy atom. The highest BCUT2D eigenvalue weighted by molar-refractivity contribution is 6.30. The molecule has 0 unspecified atom stereocenters. The lowest BCUT2D eigenvalue weighted by atomic mass is 10.1. The lowest BCUT2D eigenvalue weighted by Gasteiger charge is -2.32. The van der Waals surface area contributed by atoms with Crippen molar-refractivity contribution < 1.29 is 4.79 Å². The molecule has 0 N–H and O–H groups in total. The van der Waals surface area contributed by atoms with Gasteiger partial charge in [-0.3, -0.25) is 4.79 Å². The van der Waals surface area contributed by atoms with Crippen LogP contribution in [-0.4, -0.2) is 48.9 Å². The lowest BCUT2D eigenvalue weighted by molar-refractivity contribution is -0.132. The lowest BCUT2D eigenvalue weighted by Crippen LogP contribution is -2.47. The van der Waals surface area contributed by atoms with Gasteiger partial charge in [-0.05, 0) is 31.2 Å². The Morgan fingerprint density at radius 1 is 1.28 bits per heavy atom. The van der Waals surface area contributed by atoms with Crippen molar-refractivity contribution in [2.24, 2.45) is 0 Å². The molecule has 2 rings (SSSR count). The molecule has 0 bridgehead atoms. The molecule has 1 amide bonds. The van der Waals surface area contributed by atoms with Crippen molar-refractivity contribution in [1.82, 2.24) is 9.80 Å². The van der Waals surface area contributed by atoms with Crippen molar-refractivity contribution in [2.75, 3.05) is 33.2 Å². The number of likely N-dealkylation sites (N-methyl/N-ethyl adjacent to an activating group) is 1.